The summed E-state index contributed by atoms with van der Waals surface area (Å²) in [4.78, 5) is 25.3. The molecule has 0 bridgehead atoms. The molecule has 3 aromatic heterocycles. The number of benzene rings is 1. The molecule has 0 saturated heterocycles. The summed E-state index contributed by atoms with van der Waals surface area (Å²) >= 11 is 0. The van der Waals surface area contributed by atoms with E-state index in [9.17, 15) is 0 Å². The summed E-state index contributed by atoms with van der Waals surface area (Å²) in [6, 6.07) is 10.3. The first-order chi connectivity index (χ1) is 17.6. The predicted molar refractivity (Wildman–Crippen MR) is 127 cm³/mol. The normalized spacial score (nSPS) is 10.4. The Hall–Kier alpha value is -4.94. The molecule has 36 heavy (non-hydrogen) atoms. The van der Waals surface area contributed by atoms with Crippen LogP contribution in [0.1, 0.15) is 0 Å². The van der Waals surface area contributed by atoms with Crippen LogP contribution in [0.25, 0.3) is 11.6 Å². The second-order valence-electron chi connectivity index (χ2n) is 6.82. The maximum atomic E-state index is 6.23. The van der Waals surface area contributed by atoms with Crippen molar-refractivity contribution >= 4 is 5.82 Å². The molecule has 0 radical (unpaired) electrons. The van der Waals surface area contributed by atoms with E-state index in [1.165, 1.54) is 27.4 Å². The lowest BCUT2D eigenvalue weighted by Gasteiger charge is -2.15. The molecule has 0 spiro atoms. The molecule has 0 amide bonds. The van der Waals surface area contributed by atoms with Crippen LogP contribution in [-0.4, -0.2) is 64.4 Å². The summed E-state index contributed by atoms with van der Waals surface area (Å²) in [6.45, 7) is 0.0994. The molecule has 0 unspecified atom stereocenters. The lowest BCUT2D eigenvalue weighted by Crippen LogP contribution is -2.13. The quantitative estimate of drug-likeness (QED) is 0.304. The SMILES string of the molecule is COc1cc(OC)nc(OCCOc2nc(-c3ncccn3)nc(N)c2Oc2ccccc2OC)n1. The summed E-state index contributed by atoms with van der Waals surface area (Å²) in [5, 5.41) is 0. The molecule has 0 aliphatic rings. The molecule has 0 aliphatic heterocycles. The minimum Gasteiger partial charge on any atom is -0.493 e. The highest BCUT2D eigenvalue weighted by molar-refractivity contribution is 5.60. The Labute approximate surface area is 206 Å². The maximum absolute atomic E-state index is 6.23. The van der Waals surface area contributed by atoms with Gasteiger partial charge in [-0.05, 0) is 18.2 Å². The van der Waals surface area contributed by atoms with Crippen molar-refractivity contribution in [1.82, 2.24) is 29.9 Å². The van der Waals surface area contributed by atoms with Gasteiger partial charge in [-0.2, -0.15) is 15.0 Å². The van der Waals surface area contributed by atoms with Gasteiger partial charge in [0.2, 0.25) is 23.3 Å². The van der Waals surface area contributed by atoms with Crippen molar-refractivity contribution < 1.29 is 28.4 Å². The van der Waals surface area contributed by atoms with Crippen LogP contribution in [0.2, 0.25) is 0 Å². The van der Waals surface area contributed by atoms with Crippen molar-refractivity contribution in [2.75, 3.05) is 40.3 Å². The first-order valence-corrected chi connectivity index (χ1v) is 10.6. The Morgan fingerprint density at radius 2 is 1.39 bits per heavy atom. The Bertz CT molecular complexity index is 1290. The minimum atomic E-state index is 0.0233. The summed E-state index contributed by atoms with van der Waals surface area (Å²) in [5.41, 5.74) is 6.23. The van der Waals surface area contributed by atoms with Gasteiger partial charge < -0.3 is 34.2 Å². The molecule has 0 atom stereocenters. The Morgan fingerprint density at radius 3 is 2.06 bits per heavy atom. The van der Waals surface area contributed by atoms with Crippen molar-refractivity contribution in [2.24, 2.45) is 0 Å². The number of rotatable bonds is 11. The van der Waals surface area contributed by atoms with E-state index in [4.69, 9.17) is 34.2 Å². The Morgan fingerprint density at radius 1 is 0.722 bits per heavy atom. The average Bonchev–Trinajstić information content (AvgIpc) is 2.93. The van der Waals surface area contributed by atoms with Gasteiger partial charge in [0, 0.05) is 12.4 Å². The number of hydrogen-bond donors (Lipinski definition) is 1. The number of nitrogens with two attached hydrogens (primary N) is 1. The molecule has 2 N–H and O–H groups in total. The highest BCUT2D eigenvalue weighted by Gasteiger charge is 2.20. The first kappa shape index (κ1) is 24.2. The molecule has 0 fully saturated rings. The van der Waals surface area contributed by atoms with Crippen LogP contribution >= 0.6 is 0 Å². The van der Waals surface area contributed by atoms with E-state index in [1.807, 2.05) is 6.07 Å². The van der Waals surface area contributed by atoms with Crippen LogP contribution in [-0.2, 0) is 0 Å². The second kappa shape index (κ2) is 11.5. The molecule has 4 aromatic rings. The van der Waals surface area contributed by atoms with E-state index < -0.39 is 0 Å². The summed E-state index contributed by atoms with van der Waals surface area (Å²) in [7, 11) is 4.49. The number of nitrogens with zero attached hydrogens (tertiary/aromatic N) is 6. The third-order valence-electron chi connectivity index (χ3n) is 4.54. The van der Waals surface area contributed by atoms with E-state index in [1.54, 1.807) is 36.7 Å². The molecule has 186 valence electrons. The molecule has 4 rings (SSSR count). The fourth-order valence-corrected chi connectivity index (χ4v) is 2.90. The zero-order valence-electron chi connectivity index (χ0n) is 19.7. The van der Waals surface area contributed by atoms with Crippen LogP contribution < -0.4 is 34.2 Å². The third-order valence-corrected chi connectivity index (χ3v) is 4.54. The predicted octanol–water partition coefficient (Wildman–Crippen LogP) is 2.58. The third kappa shape index (κ3) is 5.75. The highest BCUT2D eigenvalue weighted by Crippen LogP contribution is 2.39. The molecule has 13 nitrogen and oxygen atoms in total. The van der Waals surface area contributed by atoms with Crippen LogP contribution in [0, 0.1) is 0 Å². The molecule has 3 heterocycles. The number of hydrogen-bond acceptors (Lipinski definition) is 13. The number of aromatic nitrogens is 6. The lowest BCUT2D eigenvalue weighted by atomic mass is 10.3. The molecule has 1 aromatic carbocycles. The number of ether oxygens (including phenoxy) is 6. The van der Waals surface area contributed by atoms with Crippen molar-refractivity contribution in [3.05, 3.63) is 48.8 Å². The van der Waals surface area contributed by atoms with Gasteiger partial charge in [0.05, 0.1) is 27.4 Å². The van der Waals surface area contributed by atoms with E-state index in [0.717, 1.165) is 0 Å². The molecule has 13 heteroatoms. The van der Waals surface area contributed by atoms with Gasteiger partial charge in [-0.3, -0.25) is 0 Å². The molecule has 0 aliphatic carbocycles. The Kier molecular flexibility index (Phi) is 7.70. The Balaban J connectivity index is 1.57. The van der Waals surface area contributed by atoms with Gasteiger partial charge in [-0.15, -0.1) is 0 Å². The van der Waals surface area contributed by atoms with E-state index >= 15 is 0 Å². The monoisotopic (exact) mass is 493 g/mol. The minimum absolute atomic E-state index is 0.0233. The number of methoxy groups -OCH3 is 3. The molecular weight excluding hydrogens is 470 g/mol. The highest BCUT2D eigenvalue weighted by atomic mass is 16.6. The van der Waals surface area contributed by atoms with Crippen LogP contribution in [0.5, 0.6) is 40.9 Å². The molecular formula is C23H23N7O6. The van der Waals surface area contributed by atoms with E-state index in [0.29, 0.717) is 23.3 Å². The standard InChI is InChI=1S/C23H23N7O6/c1-31-14-7-4-5-8-15(14)36-18-19(24)29-21(20-25-9-6-10-26-20)30-22(18)34-11-12-35-23-27-16(32-2)13-17(28-23)33-3/h4-10,13H,11-12H2,1-3H3,(H2,24,29,30). The number of anilines is 1. The average molecular weight is 493 g/mol. The zero-order valence-corrected chi connectivity index (χ0v) is 19.7. The summed E-state index contributed by atoms with van der Waals surface area (Å²) < 4.78 is 33.0. The van der Waals surface area contributed by atoms with Gasteiger partial charge >= 0.3 is 6.01 Å². The van der Waals surface area contributed by atoms with E-state index in [2.05, 4.69) is 29.9 Å². The number of nitrogen functional groups attached to an aromatic ring is 1. The van der Waals surface area contributed by atoms with Gasteiger partial charge in [0.15, 0.2) is 23.1 Å². The first-order valence-electron chi connectivity index (χ1n) is 10.6. The van der Waals surface area contributed by atoms with Gasteiger partial charge in [-0.25, -0.2) is 15.0 Å². The van der Waals surface area contributed by atoms with E-state index in [-0.39, 0.29) is 48.3 Å². The topological polar surface area (TPSA) is 159 Å². The second-order valence-corrected chi connectivity index (χ2v) is 6.82. The fourth-order valence-electron chi connectivity index (χ4n) is 2.90. The van der Waals surface area contributed by atoms with Crippen molar-refractivity contribution in [1.29, 1.82) is 0 Å². The van der Waals surface area contributed by atoms with Gasteiger partial charge in [0.25, 0.3) is 5.88 Å². The van der Waals surface area contributed by atoms with Crippen molar-refractivity contribution in [3.8, 4) is 52.5 Å². The maximum Gasteiger partial charge on any atom is 0.323 e. The summed E-state index contributed by atoms with van der Waals surface area (Å²) in [5.74, 6) is 2.09. The fraction of sp³-hybridized carbons (Fsp3) is 0.217. The van der Waals surface area contributed by atoms with Gasteiger partial charge in [-0.1, -0.05) is 12.1 Å². The molecule has 0 saturated carbocycles. The van der Waals surface area contributed by atoms with Crippen molar-refractivity contribution in [2.45, 2.75) is 0 Å². The smallest absolute Gasteiger partial charge is 0.323 e. The van der Waals surface area contributed by atoms with Crippen LogP contribution in [0.3, 0.4) is 0 Å². The van der Waals surface area contributed by atoms with Crippen LogP contribution in [0.15, 0.2) is 48.8 Å². The number of para-hydroxylation sites is 2. The lowest BCUT2D eigenvalue weighted by molar-refractivity contribution is 0.194. The van der Waals surface area contributed by atoms with Gasteiger partial charge in [0.1, 0.15) is 13.2 Å². The summed E-state index contributed by atoms with van der Waals surface area (Å²) in [6.07, 6.45) is 3.13. The van der Waals surface area contributed by atoms with Crippen molar-refractivity contribution in [3.63, 3.8) is 0 Å². The largest absolute Gasteiger partial charge is 0.493 e. The van der Waals surface area contributed by atoms with Crippen LogP contribution in [0.4, 0.5) is 5.82 Å². The zero-order chi connectivity index (χ0) is 25.3.